The fourth-order valence-electron chi connectivity index (χ4n) is 8.92. The lowest BCUT2D eigenvalue weighted by Gasteiger charge is -2.49. The smallest absolute Gasteiger partial charge is 0.187 e. The van der Waals surface area contributed by atoms with Crippen LogP contribution in [0.3, 0.4) is 0 Å². The molecule has 7 aromatic rings. The van der Waals surface area contributed by atoms with Crippen LogP contribution in [0.2, 0.25) is 0 Å². The zero-order valence-electron chi connectivity index (χ0n) is 40.4. The Labute approximate surface area is 423 Å². The monoisotopic (exact) mass is 972 g/mol. The van der Waals surface area contributed by atoms with E-state index in [-0.39, 0.29) is 46.2 Å². The number of ether oxygens (including phenoxy) is 10. The summed E-state index contributed by atoms with van der Waals surface area (Å²) in [6.07, 6.45) is -9.49. The van der Waals surface area contributed by atoms with Crippen molar-refractivity contribution in [1.29, 1.82) is 0 Å². The highest BCUT2D eigenvalue weighted by Crippen LogP contribution is 2.36. The molecule has 2 saturated heterocycles. The van der Waals surface area contributed by atoms with Crippen molar-refractivity contribution in [1.82, 2.24) is 0 Å². The van der Waals surface area contributed by atoms with Gasteiger partial charge in [-0.15, -0.1) is 0 Å². The molecule has 2 fully saturated rings. The van der Waals surface area contributed by atoms with Gasteiger partial charge in [-0.1, -0.05) is 212 Å². The molecule has 0 saturated carbocycles. The van der Waals surface area contributed by atoms with Gasteiger partial charge >= 0.3 is 0 Å². The van der Waals surface area contributed by atoms with Gasteiger partial charge in [0.2, 0.25) is 0 Å². The van der Waals surface area contributed by atoms with Crippen molar-refractivity contribution in [3.63, 3.8) is 0 Å². The van der Waals surface area contributed by atoms with Crippen LogP contribution >= 0.6 is 0 Å². The highest BCUT2D eigenvalue weighted by atomic mass is 16.8. The molecule has 0 spiro atoms. The summed E-state index contributed by atoms with van der Waals surface area (Å²) in [5.41, 5.74) is 6.73. The first-order valence-corrected chi connectivity index (χ1v) is 24.8. The molecule has 0 amide bonds. The Morgan fingerprint density at radius 2 is 0.583 bits per heavy atom. The fourth-order valence-corrected chi connectivity index (χ4v) is 8.92. The van der Waals surface area contributed by atoms with Crippen molar-refractivity contribution < 1.29 is 52.5 Å². The van der Waals surface area contributed by atoms with Crippen LogP contribution in [0.15, 0.2) is 212 Å². The molecule has 0 aliphatic carbocycles. The number of rotatable bonds is 25. The summed E-state index contributed by atoms with van der Waals surface area (Å²) in [4.78, 5) is 0. The Hall–Kier alpha value is -5.90. The van der Waals surface area contributed by atoms with E-state index in [1.807, 2.05) is 212 Å². The van der Waals surface area contributed by atoms with Crippen LogP contribution in [-0.4, -0.2) is 79.7 Å². The lowest BCUT2D eigenvalue weighted by Crippen LogP contribution is -2.66. The SMILES string of the molecule is O[C@H]1[C@@H](OCc2ccccc2)O[C@@H](COCc2ccccc2)[C@@H](O[C@@H]2O[C@H](COCc3ccccc3)[C@@H](OCc3ccccc3)[C@H](OCc3ccccc3)[C@@H]2OCc2ccccc2)[C@H]1OCc1ccccc1. The van der Waals surface area contributed by atoms with Crippen LogP contribution in [0, 0.1) is 0 Å². The van der Waals surface area contributed by atoms with E-state index in [1.54, 1.807) is 0 Å². The summed E-state index contributed by atoms with van der Waals surface area (Å²) in [6, 6.07) is 69.5. The molecule has 374 valence electrons. The number of aliphatic hydroxyl groups is 1. The zero-order chi connectivity index (χ0) is 49.0. The highest BCUT2D eigenvalue weighted by molar-refractivity contribution is 5.19. The number of hydrogen-bond acceptors (Lipinski definition) is 11. The summed E-state index contributed by atoms with van der Waals surface area (Å²) < 4.78 is 68.4. The fraction of sp³-hybridized carbons (Fsp3) is 0.311. The second kappa shape index (κ2) is 27.2. The minimum atomic E-state index is -1.31. The van der Waals surface area contributed by atoms with Gasteiger partial charge in [-0.3, -0.25) is 0 Å². The van der Waals surface area contributed by atoms with E-state index >= 15 is 0 Å². The molecule has 1 N–H and O–H groups in total. The lowest BCUT2D eigenvalue weighted by molar-refractivity contribution is -0.375. The average Bonchev–Trinajstić information content (AvgIpc) is 3.44. The van der Waals surface area contributed by atoms with Crippen LogP contribution in [0.5, 0.6) is 0 Å². The summed E-state index contributed by atoms with van der Waals surface area (Å²) in [6.45, 7) is 1.91. The van der Waals surface area contributed by atoms with Gasteiger partial charge in [0.05, 0.1) is 59.5 Å². The van der Waals surface area contributed by atoms with Gasteiger partial charge < -0.3 is 52.5 Å². The van der Waals surface area contributed by atoms with E-state index in [9.17, 15) is 5.11 Å². The third-order valence-electron chi connectivity index (χ3n) is 12.7. The highest BCUT2D eigenvalue weighted by Gasteiger charge is 2.54. The van der Waals surface area contributed by atoms with Crippen molar-refractivity contribution in [3.05, 3.63) is 251 Å². The standard InChI is InChI=1S/C61H64O11/c62-54-57(66-39-48-28-14-4-15-29-48)56(53(44-64-37-46-24-10-2-11-25-46)70-60(54)69-42-51-34-20-7-21-35-51)72-61-59(68-41-50-32-18-6-19-33-50)58(67-40-49-30-16-5-17-31-49)55(65-38-47-26-12-3-13-27-47)52(71-61)43-63-36-45-22-8-1-9-23-45/h1-35,52-62H,36-44H2/t52-,53+,54-,55-,56-,57+,58+,59+,60+,61+/m1/s1. The summed E-state index contributed by atoms with van der Waals surface area (Å²) in [5.74, 6) is 0. The van der Waals surface area contributed by atoms with E-state index in [2.05, 4.69) is 0 Å². The molecule has 7 aromatic carbocycles. The van der Waals surface area contributed by atoms with E-state index < -0.39 is 61.4 Å². The Morgan fingerprint density at radius 3 is 0.972 bits per heavy atom. The predicted octanol–water partition coefficient (Wildman–Crippen LogP) is 10.2. The minimum absolute atomic E-state index is 0.0608. The lowest BCUT2D eigenvalue weighted by atomic mass is 9.96. The summed E-state index contributed by atoms with van der Waals surface area (Å²) in [5, 5.41) is 12.5. The van der Waals surface area contributed by atoms with Crippen molar-refractivity contribution in [2.45, 2.75) is 108 Å². The Kier molecular flexibility index (Phi) is 19.3. The van der Waals surface area contributed by atoms with Gasteiger partial charge in [-0.05, 0) is 38.9 Å². The summed E-state index contributed by atoms with van der Waals surface area (Å²) >= 11 is 0. The molecule has 11 nitrogen and oxygen atoms in total. The maximum Gasteiger partial charge on any atom is 0.187 e. The molecular weight excluding hydrogens is 909 g/mol. The third kappa shape index (κ3) is 14.8. The van der Waals surface area contributed by atoms with Crippen molar-refractivity contribution in [3.8, 4) is 0 Å². The molecule has 0 aromatic heterocycles. The number of hydrogen-bond donors (Lipinski definition) is 1. The largest absolute Gasteiger partial charge is 0.385 e. The second-order valence-corrected chi connectivity index (χ2v) is 18.0. The molecule has 10 atom stereocenters. The van der Waals surface area contributed by atoms with Gasteiger partial charge in [0, 0.05) is 0 Å². The van der Waals surface area contributed by atoms with Gasteiger partial charge in [-0.25, -0.2) is 0 Å². The van der Waals surface area contributed by atoms with Crippen LogP contribution < -0.4 is 0 Å². The normalized spacial score (nSPS) is 24.2. The Morgan fingerprint density at radius 1 is 0.292 bits per heavy atom. The van der Waals surface area contributed by atoms with Crippen LogP contribution in [-0.2, 0) is 93.6 Å². The number of benzene rings is 7. The maximum absolute atomic E-state index is 12.5. The minimum Gasteiger partial charge on any atom is -0.385 e. The molecule has 0 radical (unpaired) electrons. The van der Waals surface area contributed by atoms with Gasteiger partial charge in [0.25, 0.3) is 0 Å². The van der Waals surface area contributed by atoms with Crippen molar-refractivity contribution in [2.75, 3.05) is 13.2 Å². The Balaban J connectivity index is 1.08. The van der Waals surface area contributed by atoms with Crippen LogP contribution in [0.25, 0.3) is 0 Å². The quantitative estimate of drug-likeness (QED) is 0.0591. The van der Waals surface area contributed by atoms with Crippen LogP contribution in [0.1, 0.15) is 38.9 Å². The topological polar surface area (TPSA) is 113 Å². The van der Waals surface area contributed by atoms with Crippen molar-refractivity contribution >= 4 is 0 Å². The van der Waals surface area contributed by atoms with Gasteiger partial charge in [-0.2, -0.15) is 0 Å². The van der Waals surface area contributed by atoms with Gasteiger partial charge in [0.15, 0.2) is 12.6 Å². The first-order valence-electron chi connectivity index (χ1n) is 24.8. The van der Waals surface area contributed by atoms with Crippen molar-refractivity contribution in [2.24, 2.45) is 0 Å². The first-order chi connectivity index (χ1) is 35.6. The molecule has 72 heavy (non-hydrogen) atoms. The molecule has 2 aliphatic rings. The average molecular weight is 973 g/mol. The Bertz CT molecular complexity index is 2550. The molecule has 0 unspecified atom stereocenters. The van der Waals surface area contributed by atoms with E-state index in [0.29, 0.717) is 13.2 Å². The van der Waals surface area contributed by atoms with E-state index in [0.717, 1.165) is 38.9 Å². The molecular formula is C61H64O11. The molecule has 11 heteroatoms. The van der Waals surface area contributed by atoms with E-state index in [1.165, 1.54) is 0 Å². The molecule has 2 heterocycles. The summed E-state index contributed by atoms with van der Waals surface area (Å²) in [7, 11) is 0. The van der Waals surface area contributed by atoms with Gasteiger partial charge in [0.1, 0.15) is 48.8 Å². The third-order valence-corrected chi connectivity index (χ3v) is 12.7. The van der Waals surface area contributed by atoms with Crippen LogP contribution in [0.4, 0.5) is 0 Å². The second-order valence-electron chi connectivity index (χ2n) is 18.0. The predicted molar refractivity (Wildman–Crippen MR) is 272 cm³/mol. The number of aliphatic hydroxyl groups excluding tert-OH is 1. The molecule has 0 bridgehead atoms. The first kappa shape index (κ1) is 51.0. The maximum atomic E-state index is 12.5. The zero-order valence-corrected chi connectivity index (χ0v) is 40.4. The molecule has 9 rings (SSSR count). The van der Waals surface area contributed by atoms with E-state index in [4.69, 9.17) is 47.4 Å². The molecule has 2 aliphatic heterocycles.